The zero-order chi connectivity index (χ0) is 14.5. The van der Waals surface area contributed by atoms with Crippen LogP contribution in [0.3, 0.4) is 0 Å². The summed E-state index contributed by atoms with van der Waals surface area (Å²) in [4.78, 5) is 14.4. The quantitative estimate of drug-likeness (QED) is 0.838. The summed E-state index contributed by atoms with van der Waals surface area (Å²) in [6.45, 7) is 2.77. The summed E-state index contributed by atoms with van der Waals surface area (Å²) in [6, 6.07) is 1.99. The minimum Gasteiger partial charge on any atom is -0.321 e. The summed E-state index contributed by atoms with van der Waals surface area (Å²) >= 11 is 1.65. The van der Waals surface area contributed by atoms with Gasteiger partial charge >= 0.3 is 0 Å². The van der Waals surface area contributed by atoms with Crippen molar-refractivity contribution in [3.05, 3.63) is 22.4 Å². The normalized spacial score (nSPS) is 24.3. The molecule has 20 heavy (non-hydrogen) atoms. The molecule has 1 aliphatic rings. The van der Waals surface area contributed by atoms with E-state index in [-0.39, 0.29) is 18.1 Å². The van der Waals surface area contributed by atoms with Crippen LogP contribution >= 0.6 is 11.3 Å². The highest BCUT2D eigenvalue weighted by Gasteiger charge is 2.38. The third-order valence-electron chi connectivity index (χ3n) is 3.52. The Morgan fingerprint density at radius 3 is 2.90 bits per heavy atom. The second-order valence-corrected chi connectivity index (χ2v) is 7.46. The molecule has 0 bridgehead atoms. The van der Waals surface area contributed by atoms with Crippen molar-refractivity contribution in [2.24, 2.45) is 0 Å². The summed E-state index contributed by atoms with van der Waals surface area (Å²) in [5, 5.41) is 7.56. The third kappa shape index (κ3) is 3.68. The number of thiophene rings is 1. The van der Waals surface area contributed by atoms with Crippen molar-refractivity contribution < 1.29 is 9.00 Å². The number of hydrogen-bond acceptors (Lipinski definition) is 4. The molecule has 0 spiro atoms. The Kier molecular flexibility index (Phi) is 5.74. The molecule has 2 heterocycles. The second-order valence-electron chi connectivity index (χ2n) is 5.13. The summed E-state index contributed by atoms with van der Waals surface area (Å²) in [6.07, 6.45) is 4.34. The van der Waals surface area contributed by atoms with Gasteiger partial charge in [-0.25, -0.2) is 0 Å². The number of carbonyl (C=O) groups is 1. The molecule has 1 aromatic rings. The highest BCUT2D eigenvalue weighted by molar-refractivity contribution is 7.84. The maximum atomic E-state index is 12.5. The van der Waals surface area contributed by atoms with Gasteiger partial charge in [-0.05, 0) is 35.2 Å². The fourth-order valence-corrected chi connectivity index (χ4v) is 3.77. The number of nitrogens with zero attached hydrogens (tertiary/aromatic N) is 1. The van der Waals surface area contributed by atoms with Crippen LogP contribution in [0.2, 0.25) is 0 Å². The van der Waals surface area contributed by atoms with Gasteiger partial charge in [-0.1, -0.05) is 13.3 Å². The molecule has 2 rings (SSSR count). The van der Waals surface area contributed by atoms with E-state index in [1.54, 1.807) is 17.6 Å². The van der Waals surface area contributed by atoms with Crippen molar-refractivity contribution in [2.45, 2.75) is 38.4 Å². The van der Waals surface area contributed by atoms with Crippen molar-refractivity contribution in [1.82, 2.24) is 10.2 Å². The standard InChI is InChI=1S/C14H22N2O2S2/c1-3-5-12-14(17)16(7-4-9-20(2)18)13(15-12)11-6-8-19-10-11/h6,8,10,12-13,15H,3-5,7,9H2,1-2H3. The Labute approximate surface area is 127 Å². The molecular weight excluding hydrogens is 292 g/mol. The van der Waals surface area contributed by atoms with E-state index in [4.69, 9.17) is 0 Å². The van der Waals surface area contributed by atoms with Crippen LogP contribution in [0.5, 0.6) is 0 Å². The molecule has 0 radical (unpaired) electrons. The van der Waals surface area contributed by atoms with E-state index >= 15 is 0 Å². The molecule has 4 nitrogen and oxygen atoms in total. The van der Waals surface area contributed by atoms with Gasteiger partial charge in [0, 0.05) is 29.4 Å². The highest BCUT2D eigenvalue weighted by Crippen LogP contribution is 2.28. The zero-order valence-corrected chi connectivity index (χ0v) is 13.6. The molecule has 6 heteroatoms. The van der Waals surface area contributed by atoms with Gasteiger partial charge in [0.2, 0.25) is 5.91 Å². The molecule has 3 unspecified atom stereocenters. The lowest BCUT2D eigenvalue weighted by molar-refractivity contribution is -0.130. The first-order valence-electron chi connectivity index (χ1n) is 7.02. The molecule has 0 aromatic carbocycles. The minimum absolute atomic E-state index is 0.0180. The van der Waals surface area contributed by atoms with E-state index in [2.05, 4.69) is 23.7 Å². The Bertz CT molecular complexity index is 462. The van der Waals surface area contributed by atoms with Crippen LogP contribution in [0, 0.1) is 0 Å². The van der Waals surface area contributed by atoms with E-state index in [1.807, 2.05) is 10.3 Å². The molecule has 1 amide bonds. The summed E-state index contributed by atoms with van der Waals surface area (Å²) in [7, 11) is -0.793. The highest BCUT2D eigenvalue weighted by atomic mass is 32.2. The van der Waals surface area contributed by atoms with Gasteiger partial charge in [-0.15, -0.1) is 0 Å². The van der Waals surface area contributed by atoms with Crippen LogP contribution in [0.25, 0.3) is 0 Å². The van der Waals surface area contributed by atoms with Gasteiger partial charge in [0.25, 0.3) is 0 Å². The first-order valence-corrected chi connectivity index (χ1v) is 9.69. The van der Waals surface area contributed by atoms with Crippen LogP contribution in [-0.2, 0) is 15.6 Å². The molecule has 1 fully saturated rings. The van der Waals surface area contributed by atoms with Crippen LogP contribution in [0.4, 0.5) is 0 Å². The predicted molar refractivity (Wildman–Crippen MR) is 84.2 cm³/mol. The lowest BCUT2D eigenvalue weighted by atomic mass is 10.2. The SMILES string of the molecule is CCCC1NC(c2ccsc2)N(CCCS(C)=O)C1=O. The van der Waals surface area contributed by atoms with Gasteiger partial charge in [-0.2, -0.15) is 11.3 Å². The van der Waals surface area contributed by atoms with Gasteiger partial charge in [0.15, 0.2) is 0 Å². The number of nitrogens with one attached hydrogen (secondary N) is 1. The zero-order valence-electron chi connectivity index (χ0n) is 12.0. The Morgan fingerprint density at radius 2 is 2.30 bits per heavy atom. The summed E-state index contributed by atoms with van der Waals surface area (Å²) in [5.74, 6) is 0.836. The molecular formula is C14H22N2O2S2. The first kappa shape index (κ1) is 15.7. The number of hydrogen-bond donors (Lipinski definition) is 1. The lowest BCUT2D eigenvalue weighted by Crippen LogP contribution is -2.32. The number of carbonyl (C=O) groups excluding carboxylic acids is 1. The number of rotatable bonds is 7. The molecule has 1 N–H and O–H groups in total. The average molecular weight is 314 g/mol. The summed E-state index contributed by atoms with van der Waals surface area (Å²) in [5.41, 5.74) is 1.15. The first-order chi connectivity index (χ1) is 9.63. The Morgan fingerprint density at radius 1 is 1.50 bits per heavy atom. The van der Waals surface area contributed by atoms with Gasteiger partial charge < -0.3 is 4.90 Å². The predicted octanol–water partition coefficient (Wildman–Crippen LogP) is 2.12. The molecule has 1 aliphatic heterocycles. The lowest BCUT2D eigenvalue weighted by Gasteiger charge is -2.23. The van der Waals surface area contributed by atoms with Crippen molar-refractivity contribution in [3.8, 4) is 0 Å². The monoisotopic (exact) mass is 314 g/mol. The minimum atomic E-state index is -0.793. The van der Waals surface area contributed by atoms with E-state index in [1.165, 1.54) is 0 Å². The van der Waals surface area contributed by atoms with E-state index < -0.39 is 10.8 Å². The maximum absolute atomic E-state index is 12.5. The molecule has 0 aliphatic carbocycles. The largest absolute Gasteiger partial charge is 0.321 e. The molecule has 1 saturated heterocycles. The van der Waals surface area contributed by atoms with Crippen LogP contribution < -0.4 is 5.32 Å². The van der Waals surface area contributed by atoms with Gasteiger partial charge in [-0.3, -0.25) is 14.3 Å². The third-order valence-corrected chi connectivity index (χ3v) is 5.08. The average Bonchev–Trinajstić information content (AvgIpc) is 3.01. The summed E-state index contributed by atoms with van der Waals surface area (Å²) < 4.78 is 11.2. The Hall–Kier alpha value is -0.720. The Balaban J connectivity index is 2.06. The second kappa shape index (κ2) is 7.33. The van der Waals surface area contributed by atoms with E-state index in [0.29, 0.717) is 12.3 Å². The van der Waals surface area contributed by atoms with Crippen LogP contribution in [0.15, 0.2) is 16.8 Å². The van der Waals surface area contributed by atoms with Gasteiger partial charge in [0.05, 0.1) is 6.04 Å². The van der Waals surface area contributed by atoms with Crippen LogP contribution in [0.1, 0.15) is 37.9 Å². The molecule has 112 valence electrons. The van der Waals surface area contributed by atoms with Gasteiger partial charge in [0.1, 0.15) is 6.17 Å². The van der Waals surface area contributed by atoms with Crippen molar-refractivity contribution in [1.29, 1.82) is 0 Å². The van der Waals surface area contributed by atoms with Crippen molar-refractivity contribution >= 4 is 28.0 Å². The molecule has 3 atom stereocenters. The van der Waals surface area contributed by atoms with Crippen LogP contribution in [-0.4, -0.2) is 39.6 Å². The van der Waals surface area contributed by atoms with Crippen molar-refractivity contribution in [3.63, 3.8) is 0 Å². The van der Waals surface area contributed by atoms with E-state index in [9.17, 15) is 9.00 Å². The number of amides is 1. The molecule has 0 saturated carbocycles. The van der Waals surface area contributed by atoms with Crippen molar-refractivity contribution in [2.75, 3.05) is 18.6 Å². The van der Waals surface area contributed by atoms with E-state index in [0.717, 1.165) is 24.8 Å². The molecule has 1 aromatic heterocycles. The smallest absolute Gasteiger partial charge is 0.241 e. The topological polar surface area (TPSA) is 49.4 Å². The fourth-order valence-electron chi connectivity index (χ4n) is 2.56. The fraction of sp³-hybridized carbons (Fsp3) is 0.643. The maximum Gasteiger partial charge on any atom is 0.241 e.